The Balaban J connectivity index is 2.42. The summed E-state index contributed by atoms with van der Waals surface area (Å²) in [6, 6.07) is 1.60. The lowest BCUT2D eigenvalue weighted by Crippen LogP contribution is -2.45. The summed E-state index contributed by atoms with van der Waals surface area (Å²) in [5.41, 5.74) is 0.755. The first kappa shape index (κ1) is 20.4. The van der Waals surface area contributed by atoms with Gasteiger partial charge in [-0.15, -0.1) is 0 Å². The molecule has 1 fully saturated rings. The van der Waals surface area contributed by atoms with Gasteiger partial charge in [-0.2, -0.15) is 0 Å². The number of rotatable bonds is 8. The predicted octanol–water partition coefficient (Wildman–Crippen LogP) is 1.12. The van der Waals surface area contributed by atoms with E-state index in [9.17, 15) is 13.2 Å². The van der Waals surface area contributed by atoms with Crippen LogP contribution in [-0.2, 0) is 10.0 Å². The molecule has 1 amide bonds. The second kappa shape index (κ2) is 9.18. The first-order chi connectivity index (χ1) is 12.4. The molecule has 0 unspecified atom stereocenters. The van der Waals surface area contributed by atoms with Crippen LogP contribution in [0.1, 0.15) is 37.0 Å². The summed E-state index contributed by atoms with van der Waals surface area (Å²) in [6.45, 7) is 8.56. The maximum absolute atomic E-state index is 13.2. The second-order valence-electron chi connectivity index (χ2n) is 6.50. The van der Waals surface area contributed by atoms with Gasteiger partial charge in [0.1, 0.15) is 5.82 Å². The van der Waals surface area contributed by atoms with Crippen LogP contribution in [0.3, 0.4) is 0 Å². The van der Waals surface area contributed by atoms with E-state index in [1.807, 2.05) is 18.7 Å². The zero-order valence-electron chi connectivity index (χ0n) is 15.8. The van der Waals surface area contributed by atoms with Gasteiger partial charge in [-0.25, -0.2) is 13.4 Å². The van der Waals surface area contributed by atoms with E-state index in [1.165, 1.54) is 6.20 Å². The van der Waals surface area contributed by atoms with Crippen molar-refractivity contribution in [3.8, 4) is 0 Å². The summed E-state index contributed by atoms with van der Waals surface area (Å²) in [7, 11) is -3.44. The molecule has 0 spiro atoms. The number of carbonyl (C=O) groups is 1. The molecule has 2 rings (SSSR count). The van der Waals surface area contributed by atoms with Crippen molar-refractivity contribution in [2.24, 2.45) is 0 Å². The molecule has 0 radical (unpaired) electrons. The molecule has 26 heavy (non-hydrogen) atoms. The molecule has 8 nitrogen and oxygen atoms in total. The molecule has 1 aromatic rings. The summed E-state index contributed by atoms with van der Waals surface area (Å²) in [5.74, 6) is 0.514. The van der Waals surface area contributed by atoms with Gasteiger partial charge < -0.3 is 15.1 Å². The molecule has 9 heteroatoms. The largest absolute Gasteiger partial charge is 0.353 e. The number of anilines is 2. The van der Waals surface area contributed by atoms with Crippen LogP contribution < -0.4 is 14.9 Å². The minimum atomic E-state index is -3.44. The van der Waals surface area contributed by atoms with Crippen molar-refractivity contribution >= 4 is 27.4 Å². The molecule has 146 valence electrons. The van der Waals surface area contributed by atoms with Crippen LogP contribution in [0.5, 0.6) is 0 Å². The van der Waals surface area contributed by atoms with Crippen molar-refractivity contribution in [3.05, 3.63) is 17.8 Å². The maximum atomic E-state index is 13.2. The molecule has 0 atom stereocenters. The quantitative estimate of drug-likeness (QED) is 0.699. The van der Waals surface area contributed by atoms with Crippen molar-refractivity contribution in [3.63, 3.8) is 0 Å². The lowest BCUT2D eigenvalue weighted by atomic mass is 10.1. The van der Waals surface area contributed by atoms with Crippen LogP contribution in [0, 0.1) is 0 Å². The Morgan fingerprint density at radius 1 is 1.27 bits per heavy atom. The normalized spacial score (nSPS) is 15.0. The zero-order chi connectivity index (χ0) is 19.2. The third-order valence-electron chi connectivity index (χ3n) is 4.09. The fourth-order valence-corrected chi connectivity index (χ4v) is 3.58. The van der Waals surface area contributed by atoms with E-state index >= 15 is 0 Å². The van der Waals surface area contributed by atoms with Crippen molar-refractivity contribution in [2.45, 2.75) is 26.7 Å². The summed E-state index contributed by atoms with van der Waals surface area (Å²) >= 11 is 0. The number of hydrogen-bond donors (Lipinski definition) is 2. The average molecular weight is 384 g/mol. The lowest BCUT2D eigenvalue weighted by molar-refractivity contribution is 0.0755. The van der Waals surface area contributed by atoms with E-state index in [0.29, 0.717) is 30.2 Å². The van der Waals surface area contributed by atoms with Crippen molar-refractivity contribution < 1.29 is 13.2 Å². The summed E-state index contributed by atoms with van der Waals surface area (Å²) < 4.78 is 25.5. The number of sulfonamides is 1. The van der Waals surface area contributed by atoms with E-state index in [1.54, 1.807) is 6.07 Å². The van der Waals surface area contributed by atoms with E-state index in [-0.39, 0.29) is 5.91 Å². The summed E-state index contributed by atoms with van der Waals surface area (Å²) in [5, 5.41) is 3.28. The number of hydrogen-bond acceptors (Lipinski definition) is 6. The van der Waals surface area contributed by atoms with Gasteiger partial charge in [-0.1, -0.05) is 13.8 Å². The zero-order valence-corrected chi connectivity index (χ0v) is 16.6. The standard InChI is InChI=1S/C17H29N5O3S/c1-4-8-22(9-5-2)17(23)15-12-14(20-26(3,24)25)13-19-16(15)21-10-6-18-7-11-21/h12-13,18,20H,4-11H2,1-3H3. The highest BCUT2D eigenvalue weighted by Gasteiger charge is 2.24. The summed E-state index contributed by atoms with van der Waals surface area (Å²) in [6.07, 6.45) is 4.28. The number of amides is 1. The molecule has 1 saturated heterocycles. The molecular formula is C17H29N5O3S. The number of aromatic nitrogens is 1. The number of carbonyl (C=O) groups excluding carboxylic acids is 1. The van der Waals surface area contributed by atoms with Gasteiger partial charge in [0, 0.05) is 39.3 Å². The molecule has 2 N–H and O–H groups in total. The molecule has 1 aliphatic rings. The predicted molar refractivity (Wildman–Crippen MR) is 104 cm³/mol. The third-order valence-corrected chi connectivity index (χ3v) is 4.70. The Labute approximate surface area is 156 Å². The van der Waals surface area contributed by atoms with Crippen LogP contribution in [0.4, 0.5) is 11.5 Å². The fraction of sp³-hybridized carbons (Fsp3) is 0.647. The maximum Gasteiger partial charge on any atom is 0.257 e. The van der Waals surface area contributed by atoms with E-state index < -0.39 is 10.0 Å². The lowest BCUT2D eigenvalue weighted by Gasteiger charge is -2.31. The van der Waals surface area contributed by atoms with Crippen LogP contribution in [0.15, 0.2) is 12.3 Å². The van der Waals surface area contributed by atoms with Gasteiger partial charge >= 0.3 is 0 Å². The van der Waals surface area contributed by atoms with Crippen LogP contribution >= 0.6 is 0 Å². The van der Waals surface area contributed by atoms with Gasteiger partial charge in [-0.05, 0) is 18.9 Å². The first-order valence-corrected chi connectivity index (χ1v) is 11.0. The fourth-order valence-electron chi connectivity index (χ4n) is 3.04. The number of nitrogens with one attached hydrogen (secondary N) is 2. The van der Waals surface area contributed by atoms with E-state index in [0.717, 1.165) is 45.3 Å². The smallest absolute Gasteiger partial charge is 0.257 e. The highest BCUT2D eigenvalue weighted by molar-refractivity contribution is 7.92. The first-order valence-electron chi connectivity index (χ1n) is 9.08. The number of nitrogens with zero attached hydrogens (tertiary/aromatic N) is 3. The Bertz CT molecular complexity index is 711. The van der Waals surface area contributed by atoms with Gasteiger partial charge in [-0.3, -0.25) is 9.52 Å². The van der Waals surface area contributed by atoms with Crippen LogP contribution in [0.2, 0.25) is 0 Å². The van der Waals surface area contributed by atoms with E-state index in [4.69, 9.17) is 0 Å². The van der Waals surface area contributed by atoms with Gasteiger partial charge in [0.25, 0.3) is 5.91 Å². The molecule has 2 heterocycles. The Hall–Kier alpha value is -1.87. The molecule has 0 aromatic carbocycles. The van der Waals surface area contributed by atoms with Crippen molar-refractivity contribution in [2.75, 3.05) is 55.1 Å². The van der Waals surface area contributed by atoms with Crippen LogP contribution in [-0.4, -0.2) is 69.7 Å². The van der Waals surface area contributed by atoms with Crippen molar-refractivity contribution in [1.29, 1.82) is 0 Å². The summed E-state index contributed by atoms with van der Waals surface area (Å²) in [4.78, 5) is 21.5. The van der Waals surface area contributed by atoms with Gasteiger partial charge in [0.2, 0.25) is 10.0 Å². The molecular weight excluding hydrogens is 354 g/mol. The average Bonchev–Trinajstić information content (AvgIpc) is 2.60. The Morgan fingerprint density at radius 2 is 1.88 bits per heavy atom. The van der Waals surface area contributed by atoms with Crippen molar-refractivity contribution in [1.82, 2.24) is 15.2 Å². The van der Waals surface area contributed by atoms with E-state index in [2.05, 4.69) is 19.9 Å². The van der Waals surface area contributed by atoms with Gasteiger partial charge in [0.15, 0.2) is 0 Å². The monoisotopic (exact) mass is 383 g/mol. The molecule has 0 aliphatic carbocycles. The third kappa shape index (κ3) is 5.57. The van der Waals surface area contributed by atoms with Crippen LogP contribution in [0.25, 0.3) is 0 Å². The molecule has 1 aromatic heterocycles. The SMILES string of the molecule is CCCN(CCC)C(=O)c1cc(NS(C)(=O)=O)cnc1N1CCNCC1. The van der Waals surface area contributed by atoms with Gasteiger partial charge in [0.05, 0.1) is 23.7 Å². The minimum Gasteiger partial charge on any atom is -0.353 e. The molecule has 1 aliphatic heterocycles. The Morgan fingerprint density at radius 3 is 2.42 bits per heavy atom. The minimum absolute atomic E-state index is 0.105. The second-order valence-corrected chi connectivity index (χ2v) is 8.25. The highest BCUT2D eigenvalue weighted by atomic mass is 32.2. The number of pyridine rings is 1. The highest BCUT2D eigenvalue weighted by Crippen LogP contribution is 2.24. The Kier molecular flexibility index (Phi) is 7.22. The molecule has 0 saturated carbocycles. The number of piperazine rings is 1. The topological polar surface area (TPSA) is 94.6 Å². The molecule has 0 bridgehead atoms.